The summed E-state index contributed by atoms with van der Waals surface area (Å²) in [5, 5.41) is 31.2. The SMILES string of the molecule is NC(N)=NC[C@H](C[C@H](NCc1ccccc1)C(=O)O)[NH+]([O-])O. The van der Waals surface area contributed by atoms with Crippen LogP contribution in [0.4, 0.5) is 0 Å². The van der Waals surface area contributed by atoms with Crippen molar-refractivity contribution in [2.24, 2.45) is 16.5 Å². The normalized spacial score (nSPS) is 14.8. The fourth-order valence-electron chi connectivity index (χ4n) is 1.86. The second-order valence-electron chi connectivity index (χ2n) is 4.79. The molecule has 22 heavy (non-hydrogen) atoms. The first-order valence-corrected chi connectivity index (χ1v) is 6.68. The van der Waals surface area contributed by atoms with Crippen LogP contribution in [0.1, 0.15) is 12.0 Å². The third kappa shape index (κ3) is 6.50. The summed E-state index contributed by atoms with van der Waals surface area (Å²) in [5.41, 5.74) is 11.2. The molecule has 0 saturated carbocycles. The van der Waals surface area contributed by atoms with Crippen molar-refractivity contribution in [2.45, 2.75) is 25.0 Å². The lowest BCUT2D eigenvalue weighted by molar-refractivity contribution is -1.07. The van der Waals surface area contributed by atoms with Crippen LogP contribution in [0.15, 0.2) is 35.3 Å². The first-order chi connectivity index (χ1) is 10.4. The molecule has 8 N–H and O–H groups in total. The van der Waals surface area contributed by atoms with Gasteiger partial charge in [0.2, 0.25) is 0 Å². The summed E-state index contributed by atoms with van der Waals surface area (Å²) >= 11 is 0. The highest BCUT2D eigenvalue weighted by Gasteiger charge is 2.26. The highest BCUT2D eigenvalue weighted by atomic mass is 16.8. The largest absolute Gasteiger partial charge is 0.600 e. The van der Waals surface area contributed by atoms with Gasteiger partial charge in [0.15, 0.2) is 5.96 Å². The number of aliphatic imine (C=N–C) groups is 1. The number of nitrogens with zero attached hydrogens (tertiary/aromatic N) is 1. The van der Waals surface area contributed by atoms with Crippen molar-refractivity contribution in [3.8, 4) is 0 Å². The lowest BCUT2D eigenvalue weighted by Crippen LogP contribution is -3.09. The molecular formula is C13H21N5O4. The van der Waals surface area contributed by atoms with Crippen molar-refractivity contribution in [3.63, 3.8) is 0 Å². The highest BCUT2D eigenvalue weighted by molar-refractivity contribution is 5.75. The van der Waals surface area contributed by atoms with Gasteiger partial charge in [0.25, 0.3) is 0 Å². The molecule has 0 radical (unpaired) electrons. The minimum atomic E-state index is -1.14. The van der Waals surface area contributed by atoms with Crippen LogP contribution >= 0.6 is 0 Å². The Kier molecular flexibility index (Phi) is 7.26. The van der Waals surface area contributed by atoms with Gasteiger partial charge >= 0.3 is 5.97 Å². The maximum Gasteiger partial charge on any atom is 0.320 e. The van der Waals surface area contributed by atoms with Gasteiger partial charge in [0.1, 0.15) is 12.1 Å². The summed E-state index contributed by atoms with van der Waals surface area (Å²) in [6.45, 7) is 0.168. The molecule has 1 aromatic carbocycles. The van der Waals surface area contributed by atoms with Gasteiger partial charge in [-0.15, -0.1) is 0 Å². The minimum Gasteiger partial charge on any atom is -0.600 e. The van der Waals surface area contributed by atoms with Crippen molar-refractivity contribution in [1.82, 2.24) is 5.32 Å². The lowest BCUT2D eigenvalue weighted by Gasteiger charge is -2.25. The van der Waals surface area contributed by atoms with Crippen molar-refractivity contribution in [3.05, 3.63) is 41.1 Å². The van der Waals surface area contributed by atoms with Crippen LogP contribution in [-0.2, 0) is 11.3 Å². The third-order valence-corrected chi connectivity index (χ3v) is 3.06. The standard InChI is InChI=1S/C13H21N5O4/c14-13(15)17-8-10(18(21)22)6-11(12(19)20)16-7-9-4-2-1-3-5-9/h1-5,10-11,16,18,21H,6-8H2,(H,19,20)(H4,14,15,17)/t10-,11-/m0/s1. The van der Waals surface area contributed by atoms with Crippen LogP contribution in [0.3, 0.4) is 0 Å². The molecule has 0 aliphatic heterocycles. The topological polar surface area (TPSA) is 161 Å². The molecule has 0 aliphatic carbocycles. The average Bonchev–Trinajstić information content (AvgIpc) is 2.46. The molecule has 9 heteroatoms. The highest BCUT2D eigenvalue weighted by Crippen LogP contribution is 2.02. The minimum absolute atomic E-state index is 0.117. The van der Waals surface area contributed by atoms with Gasteiger partial charge in [-0.3, -0.25) is 4.79 Å². The zero-order valence-corrected chi connectivity index (χ0v) is 12.0. The van der Waals surface area contributed by atoms with Gasteiger partial charge in [-0.25, -0.2) is 15.4 Å². The molecule has 1 aromatic rings. The van der Waals surface area contributed by atoms with Gasteiger partial charge in [-0.1, -0.05) is 30.3 Å². The zero-order valence-electron chi connectivity index (χ0n) is 12.0. The molecule has 0 amide bonds. The zero-order chi connectivity index (χ0) is 16.5. The van der Waals surface area contributed by atoms with E-state index in [0.717, 1.165) is 5.56 Å². The maximum absolute atomic E-state index is 11.3. The number of carboxylic acid groups (broad SMARTS) is 1. The van der Waals surface area contributed by atoms with Crippen molar-refractivity contribution < 1.29 is 20.3 Å². The molecule has 1 rings (SSSR count). The summed E-state index contributed by atoms with van der Waals surface area (Å²) in [6, 6.07) is 7.24. The Morgan fingerprint density at radius 3 is 2.50 bits per heavy atom. The number of carbonyl (C=O) groups is 1. The Morgan fingerprint density at radius 1 is 1.36 bits per heavy atom. The fraction of sp³-hybridized carbons (Fsp3) is 0.385. The molecule has 0 heterocycles. The molecule has 0 aliphatic rings. The summed E-state index contributed by atoms with van der Waals surface area (Å²) in [4.78, 5) is 14.9. The molecular weight excluding hydrogens is 290 g/mol. The molecule has 0 fully saturated rings. The van der Waals surface area contributed by atoms with Crippen LogP contribution in [0, 0.1) is 5.21 Å². The van der Waals surface area contributed by atoms with E-state index in [1.165, 1.54) is 0 Å². The van der Waals surface area contributed by atoms with Crippen LogP contribution in [0.2, 0.25) is 0 Å². The molecule has 3 atom stereocenters. The first kappa shape index (κ1) is 17.9. The molecule has 0 saturated heterocycles. The predicted octanol–water partition coefficient (Wildman–Crippen LogP) is -1.97. The van der Waals surface area contributed by atoms with Crippen LogP contribution in [0.25, 0.3) is 0 Å². The number of hydrogen-bond acceptors (Lipinski definition) is 5. The lowest BCUT2D eigenvalue weighted by atomic mass is 10.1. The van der Waals surface area contributed by atoms with Gasteiger partial charge in [-0.05, 0) is 5.56 Å². The molecule has 0 bridgehead atoms. The number of aliphatic carboxylic acids is 1. The Hall–Kier alpha value is -2.20. The molecule has 122 valence electrons. The van der Waals surface area contributed by atoms with E-state index in [9.17, 15) is 15.1 Å². The van der Waals surface area contributed by atoms with Crippen molar-refractivity contribution >= 4 is 11.9 Å². The number of guanidine groups is 1. The number of nitrogens with two attached hydrogens (primary N) is 2. The number of hydrogen-bond donors (Lipinski definition) is 6. The quantitative estimate of drug-likeness (QED) is 0.175. The monoisotopic (exact) mass is 311 g/mol. The van der Waals surface area contributed by atoms with E-state index >= 15 is 0 Å². The molecule has 0 spiro atoms. The number of nitrogens with one attached hydrogen (secondary N) is 2. The van der Waals surface area contributed by atoms with Crippen LogP contribution in [0.5, 0.6) is 0 Å². The van der Waals surface area contributed by atoms with E-state index in [2.05, 4.69) is 10.3 Å². The van der Waals surface area contributed by atoms with E-state index in [0.29, 0.717) is 6.54 Å². The van der Waals surface area contributed by atoms with Crippen LogP contribution in [-0.4, -0.2) is 40.9 Å². The number of quaternary nitrogens is 1. The van der Waals surface area contributed by atoms with E-state index in [1.54, 1.807) is 0 Å². The van der Waals surface area contributed by atoms with Gasteiger partial charge in [-0.2, -0.15) is 0 Å². The van der Waals surface area contributed by atoms with Crippen LogP contribution < -0.4 is 22.0 Å². The van der Waals surface area contributed by atoms with Gasteiger partial charge in [0, 0.05) is 13.0 Å². The summed E-state index contributed by atoms with van der Waals surface area (Å²) in [7, 11) is 0. The third-order valence-electron chi connectivity index (χ3n) is 3.06. The smallest absolute Gasteiger partial charge is 0.320 e. The Morgan fingerprint density at radius 2 is 2.00 bits per heavy atom. The van der Waals surface area contributed by atoms with E-state index in [-0.39, 0.29) is 18.9 Å². The fourth-order valence-corrected chi connectivity index (χ4v) is 1.86. The van der Waals surface area contributed by atoms with Gasteiger partial charge < -0.3 is 27.1 Å². The Bertz CT molecular complexity index is 490. The molecule has 0 aromatic heterocycles. The summed E-state index contributed by atoms with van der Waals surface area (Å²) in [5.74, 6) is -1.35. The Balaban J connectivity index is 2.64. The maximum atomic E-state index is 11.3. The van der Waals surface area contributed by atoms with E-state index < -0.39 is 23.3 Å². The summed E-state index contributed by atoms with van der Waals surface area (Å²) < 4.78 is 0. The number of hydroxylamine groups is 2. The number of benzene rings is 1. The number of rotatable bonds is 9. The van der Waals surface area contributed by atoms with E-state index in [4.69, 9.17) is 16.7 Å². The van der Waals surface area contributed by atoms with Crippen molar-refractivity contribution in [2.75, 3.05) is 6.54 Å². The molecule has 9 nitrogen and oxygen atoms in total. The second-order valence-corrected chi connectivity index (χ2v) is 4.79. The predicted molar refractivity (Wildman–Crippen MR) is 79.9 cm³/mol. The number of carboxylic acids is 1. The second kappa shape index (κ2) is 8.95. The van der Waals surface area contributed by atoms with Crippen molar-refractivity contribution in [1.29, 1.82) is 0 Å². The molecule has 1 unspecified atom stereocenters. The van der Waals surface area contributed by atoms with Gasteiger partial charge in [0.05, 0.1) is 6.54 Å². The average molecular weight is 311 g/mol. The first-order valence-electron chi connectivity index (χ1n) is 6.68. The summed E-state index contributed by atoms with van der Waals surface area (Å²) in [6.07, 6.45) is -0.117. The Labute approximate surface area is 127 Å². The van der Waals surface area contributed by atoms with E-state index in [1.807, 2.05) is 30.3 Å².